The van der Waals surface area contributed by atoms with Crippen molar-refractivity contribution in [1.82, 2.24) is 0 Å². The van der Waals surface area contributed by atoms with Crippen molar-refractivity contribution in [3.8, 4) is 5.75 Å². The lowest BCUT2D eigenvalue weighted by Crippen LogP contribution is -1.98. The number of rotatable bonds is 8. The van der Waals surface area contributed by atoms with E-state index in [9.17, 15) is 5.11 Å². The lowest BCUT2D eigenvalue weighted by atomic mass is 9.93. The molecule has 0 spiro atoms. The fourth-order valence-corrected chi connectivity index (χ4v) is 4.41. The molecular formula is C32H40N2O. The van der Waals surface area contributed by atoms with Crippen molar-refractivity contribution in [3.05, 3.63) is 88.0 Å². The Balaban J connectivity index is 2.11. The third kappa shape index (κ3) is 6.08. The van der Waals surface area contributed by atoms with E-state index >= 15 is 0 Å². The van der Waals surface area contributed by atoms with Gasteiger partial charge in [0.1, 0.15) is 5.75 Å². The van der Waals surface area contributed by atoms with Crippen molar-refractivity contribution in [1.29, 1.82) is 0 Å². The highest BCUT2D eigenvalue weighted by atomic mass is 16.3. The number of phenols is 1. The molecule has 3 aromatic carbocycles. The number of hydrogen-bond acceptors (Lipinski definition) is 3. The Morgan fingerprint density at radius 2 is 0.914 bits per heavy atom. The Morgan fingerprint density at radius 1 is 0.543 bits per heavy atom. The summed E-state index contributed by atoms with van der Waals surface area (Å²) in [6.45, 7) is 17.5. The summed E-state index contributed by atoms with van der Waals surface area (Å²) in [6.07, 6.45) is 3.66. The minimum Gasteiger partial charge on any atom is -0.507 e. The largest absolute Gasteiger partial charge is 0.507 e. The van der Waals surface area contributed by atoms with E-state index in [0.29, 0.717) is 29.2 Å². The number of aromatic hydroxyl groups is 1. The summed E-state index contributed by atoms with van der Waals surface area (Å²) in [5.41, 5.74) is 8.43. The standard InChI is InChI=1S/C32H40N2O/c1-20(2)25-13-10-14-26(21(3)4)31(25)33-18-24-12-9-17-30(35)29(24)19-34-32-27(22(5)6)15-11-16-28(32)23(7)8/h9-23,35H,1-8H3. The van der Waals surface area contributed by atoms with Crippen molar-refractivity contribution in [2.45, 2.75) is 79.1 Å². The predicted octanol–water partition coefficient (Wildman–Crippen LogP) is 9.39. The molecule has 3 heteroatoms. The van der Waals surface area contributed by atoms with Gasteiger partial charge in [-0.3, -0.25) is 9.98 Å². The minimum absolute atomic E-state index is 0.201. The molecular weight excluding hydrogens is 428 g/mol. The average molecular weight is 469 g/mol. The van der Waals surface area contributed by atoms with E-state index in [1.165, 1.54) is 22.3 Å². The first kappa shape index (κ1) is 26.4. The van der Waals surface area contributed by atoms with Crippen LogP contribution in [-0.4, -0.2) is 17.5 Å². The summed E-state index contributed by atoms with van der Waals surface area (Å²) in [5, 5.41) is 10.8. The quantitative estimate of drug-likeness (QED) is 0.329. The van der Waals surface area contributed by atoms with Gasteiger partial charge in [-0.05, 0) is 52.0 Å². The van der Waals surface area contributed by atoms with Crippen LogP contribution in [0.3, 0.4) is 0 Å². The topological polar surface area (TPSA) is 45.0 Å². The van der Waals surface area contributed by atoms with Crippen LogP contribution in [0.5, 0.6) is 5.75 Å². The Hall–Kier alpha value is -3.20. The lowest BCUT2D eigenvalue weighted by molar-refractivity contribution is 0.474. The number of nitrogens with zero attached hydrogens (tertiary/aromatic N) is 2. The van der Waals surface area contributed by atoms with E-state index in [4.69, 9.17) is 9.98 Å². The Bertz CT molecular complexity index is 1160. The van der Waals surface area contributed by atoms with Crippen LogP contribution in [0.25, 0.3) is 0 Å². The molecule has 0 aliphatic rings. The fourth-order valence-electron chi connectivity index (χ4n) is 4.41. The summed E-state index contributed by atoms with van der Waals surface area (Å²) in [4.78, 5) is 9.91. The Kier molecular flexibility index (Phi) is 8.67. The van der Waals surface area contributed by atoms with Gasteiger partial charge in [-0.2, -0.15) is 0 Å². The second kappa shape index (κ2) is 11.5. The number of phenolic OH excluding ortho intramolecular Hbond substituents is 1. The first-order chi connectivity index (χ1) is 16.6. The van der Waals surface area contributed by atoms with E-state index in [1.807, 2.05) is 18.3 Å². The third-order valence-corrected chi connectivity index (χ3v) is 6.46. The van der Waals surface area contributed by atoms with Crippen molar-refractivity contribution in [2.24, 2.45) is 9.98 Å². The molecule has 3 nitrogen and oxygen atoms in total. The highest BCUT2D eigenvalue weighted by Crippen LogP contribution is 2.36. The summed E-state index contributed by atoms with van der Waals surface area (Å²) in [5.74, 6) is 1.65. The summed E-state index contributed by atoms with van der Waals surface area (Å²) in [7, 11) is 0. The molecule has 0 saturated carbocycles. The normalized spacial score (nSPS) is 12.3. The average Bonchev–Trinajstić information content (AvgIpc) is 2.81. The van der Waals surface area contributed by atoms with Gasteiger partial charge in [-0.15, -0.1) is 0 Å². The summed E-state index contributed by atoms with van der Waals surface area (Å²) in [6, 6.07) is 18.4. The molecule has 1 N–H and O–H groups in total. The molecule has 0 aromatic heterocycles. The molecule has 0 radical (unpaired) electrons. The zero-order chi connectivity index (χ0) is 25.7. The summed E-state index contributed by atoms with van der Waals surface area (Å²) >= 11 is 0. The fraction of sp³-hybridized carbons (Fsp3) is 0.375. The molecule has 0 saturated heterocycles. The molecule has 3 aromatic rings. The van der Waals surface area contributed by atoms with Crippen LogP contribution in [0, 0.1) is 0 Å². The number of aliphatic imine (C=N–C) groups is 2. The SMILES string of the molecule is CC(C)c1cccc(C(C)C)c1N=Cc1cccc(O)c1C=Nc1c(C(C)C)cccc1C(C)C. The van der Waals surface area contributed by atoms with Gasteiger partial charge in [0.25, 0.3) is 0 Å². The van der Waals surface area contributed by atoms with Gasteiger partial charge in [0.05, 0.1) is 11.4 Å². The number of benzene rings is 3. The highest BCUT2D eigenvalue weighted by molar-refractivity contribution is 5.98. The van der Waals surface area contributed by atoms with Crippen molar-refractivity contribution in [2.75, 3.05) is 0 Å². The van der Waals surface area contributed by atoms with Gasteiger partial charge in [0.15, 0.2) is 0 Å². The van der Waals surface area contributed by atoms with Gasteiger partial charge in [0.2, 0.25) is 0 Å². The van der Waals surface area contributed by atoms with Crippen molar-refractivity contribution >= 4 is 23.8 Å². The molecule has 3 rings (SSSR count). The van der Waals surface area contributed by atoms with Crippen LogP contribution in [0.1, 0.15) is 112 Å². The van der Waals surface area contributed by atoms with E-state index in [0.717, 1.165) is 16.9 Å². The third-order valence-electron chi connectivity index (χ3n) is 6.46. The number of hydrogen-bond donors (Lipinski definition) is 1. The molecule has 0 aliphatic heterocycles. The van der Waals surface area contributed by atoms with Gasteiger partial charge >= 0.3 is 0 Å². The maximum absolute atomic E-state index is 10.8. The molecule has 0 bridgehead atoms. The van der Waals surface area contributed by atoms with Gasteiger partial charge in [-0.1, -0.05) is 104 Å². The monoisotopic (exact) mass is 468 g/mol. The molecule has 184 valence electrons. The molecule has 35 heavy (non-hydrogen) atoms. The molecule has 0 fully saturated rings. The van der Waals surface area contributed by atoms with Crippen LogP contribution in [0.4, 0.5) is 11.4 Å². The van der Waals surface area contributed by atoms with Crippen LogP contribution in [0.2, 0.25) is 0 Å². The second-order valence-electron chi connectivity index (χ2n) is 10.5. The predicted molar refractivity (Wildman–Crippen MR) is 152 cm³/mol. The van der Waals surface area contributed by atoms with Crippen molar-refractivity contribution < 1.29 is 5.11 Å². The molecule has 0 amide bonds. The zero-order valence-corrected chi connectivity index (χ0v) is 22.5. The Labute approximate surface area is 211 Å². The van der Waals surface area contributed by atoms with E-state index in [2.05, 4.69) is 91.8 Å². The van der Waals surface area contributed by atoms with Crippen LogP contribution in [0.15, 0.2) is 64.6 Å². The van der Waals surface area contributed by atoms with E-state index in [1.54, 1.807) is 12.3 Å². The summed E-state index contributed by atoms with van der Waals surface area (Å²) < 4.78 is 0. The Morgan fingerprint density at radius 3 is 1.31 bits per heavy atom. The molecule has 0 unspecified atom stereocenters. The van der Waals surface area contributed by atoms with Crippen LogP contribution in [-0.2, 0) is 0 Å². The molecule has 0 aliphatic carbocycles. The first-order valence-electron chi connectivity index (χ1n) is 12.8. The van der Waals surface area contributed by atoms with Crippen molar-refractivity contribution in [3.63, 3.8) is 0 Å². The van der Waals surface area contributed by atoms with Gasteiger partial charge in [0, 0.05) is 23.6 Å². The maximum atomic E-state index is 10.8. The van der Waals surface area contributed by atoms with E-state index in [-0.39, 0.29) is 5.75 Å². The lowest BCUT2D eigenvalue weighted by Gasteiger charge is -2.17. The zero-order valence-electron chi connectivity index (χ0n) is 22.5. The minimum atomic E-state index is 0.201. The van der Waals surface area contributed by atoms with Gasteiger partial charge in [-0.25, -0.2) is 0 Å². The second-order valence-corrected chi connectivity index (χ2v) is 10.5. The van der Waals surface area contributed by atoms with Crippen LogP contribution < -0.4 is 0 Å². The maximum Gasteiger partial charge on any atom is 0.125 e. The smallest absolute Gasteiger partial charge is 0.125 e. The number of para-hydroxylation sites is 2. The molecule has 0 atom stereocenters. The van der Waals surface area contributed by atoms with E-state index < -0.39 is 0 Å². The highest BCUT2D eigenvalue weighted by Gasteiger charge is 2.15. The molecule has 0 heterocycles. The van der Waals surface area contributed by atoms with Gasteiger partial charge < -0.3 is 5.11 Å². The first-order valence-corrected chi connectivity index (χ1v) is 12.8. The van der Waals surface area contributed by atoms with Crippen LogP contribution >= 0.6 is 0 Å².